The van der Waals surface area contributed by atoms with Gasteiger partial charge in [-0.15, -0.1) is 0 Å². The van der Waals surface area contributed by atoms with Gasteiger partial charge in [0, 0.05) is 10.0 Å². The molecule has 0 atom stereocenters. The van der Waals surface area contributed by atoms with Crippen molar-refractivity contribution < 1.29 is 13.5 Å². The predicted octanol–water partition coefficient (Wildman–Crippen LogP) is 4.92. The van der Waals surface area contributed by atoms with E-state index in [0.717, 1.165) is 0 Å². The number of halogens is 4. The Hall–Kier alpha value is -1.05. The third-order valence-corrected chi connectivity index (χ3v) is 3.91. The van der Waals surface area contributed by atoms with Gasteiger partial charge in [0.05, 0.1) is 4.47 Å². The van der Waals surface area contributed by atoms with Crippen molar-refractivity contribution in [2.24, 2.45) is 5.73 Å². The first kappa shape index (κ1) is 15.3. The summed E-state index contributed by atoms with van der Waals surface area (Å²) in [6, 6.07) is 6.99. The molecule has 2 nitrogen and oxygen atoms in total. The SMILES string of the molecule is NC(=S)c1ccc(Oc2cc(Br)ccc2F)c(F)c1Br. The number of nitrogens with two attached hydrogens (primary N) is 1. The van der Waals surface area contributed by atoms with E-state index in [1.54, 1.807) is 0 Å². The molecule has 0 fully saturated rings. The summed E-state index contributed by atoms with van der Waals surface area (Å²) in [5.41, 5.74) is 5.80. The molecule has 0 saturated heterocycles. The van der Waals surface area contributed by atoms with E-state index >= 15 is 0 Å². The van der Waals surface area contributed by atoms with Crippen molar-refractivity contribution in [3.63, 3.8) is 0 Å². The van der Waals surface area contributed by atoms with E-state index < -0.39 is 11.6 Å². The van der Waals surface area contributed by atoms with Crippen LogP contribution in [0.5, 0.6) is 11.5 Å². The van der Waals surface area contributed by atoms with E-state index in [1.165, 1.54) is 30.3 Å². The number of thiocarbonyl (C=S) groups is 1. The fourth-order valence-corrected chi connectivity index (χ4v) is 2.66. The second kappa shape index (κ2) is 6.15. The first-order valence-corrected chi connectivity index (χ1v) is 7.30. The van der Waals surface area contributed by atoms with Crippen molar-refractivity contribution in [1.82, 2.24) is 0 Å². The van der Waals surface area contributed by atoms with Crippen LogP contribution in [0, 0.1) is 11.6 Å². The third kappa shape index (κ3) is 3.16. The Bertz CT molecular complexity index is 694. The molecule has 0 unspecified atom stereocenters. The van der Waals surface area contributed by atoms with Crippen LogP contribution in [0.25, 0.3) is 0 Å². The first-order valence-electron chi connectivity index (χ1n) is 5.31. The van der Waals surface area contributed by atoms with Crippen LogP contribution in [-0.2, 0) is 0 Å². The van der Waals surface area contributed by atoms with Crippen molar-refractivity contribution >= 4 is 49.1 Å². The van der Waals surface area contributed by atoms with E-state index in [0.29, 0.717) is 10.0 Å². The Morgan fingerprint density at radius 3 is 2.45 bits per heavy atom. The zero-order chi connectivity index (χ0) is 14.9. The zero-order valence-electron chi connectivity index (χ0n) is 9.79. The van der Waals surface area contributed by atoms with Gasteiger partial charge in [0.2, 0.25) is 0 Å². The van der Waals surface area contributed by atoms with Crippen molar-refractivity contribution in [2.75, 3.05) is 0 Å². The van der Waals surface area contributed by atoms with Gasteiger partial charge in [0.15, 0.2) is 23.1 Å². The number of hydrogen-bond acceptors (Lipinski definition) is 2. The van der Waals surface area contributed by atoms with Crippen molar-refractivity contribution in [1.29, 1.82) is 0 Å². The van der Waals surface area contributed by atoms with E-state index in [-0.39, 0.29) is 21.0 Å². The third-order valence-electron chi connectivity index (χ3n) is 2.43. The monoisotopic (exact) mass is 421 g/mol. The second-order valence-electron chi connectivity index (χ2n) is 3.78. The summed E-state index contributed by atoms with van der Waals surface area (Å²) in [6.07, 6.45) is 0. The normalized spacial score (nSPS) is 10.4. The highest BCUT2D eigenvalue weighted by Gasteiger charge is 2.16. The summed E-state index contributed by atoms with van der Waals surface area (Å²) < 4.78 is 33.6. The fraction of sp³-hybridized carbons (Fsp3) is 0. The van der Waals surface area contributed by atoms with Gasteiger partial charge in [-0.2, -0.15) is 0 Å². The molecule has 0 amide bonds. The number of hydrogen-bond donors (Lipinski definition) is 1. The fourth-order valence-electron chi connectivity index (χ4n) is 1.47. The van der Waals surface area contributed by atoms with Crippen molar-refractivity contribution in [3.05, 3.63) is 56.5 Å². The van der Waals surface area contributed by atoms with Crippen LogP contribution in [0.3, 0.4) is 0 Å². The van der Waals surface area contributed by atoms with Gasteiger partial charge in [-0.1, -0.05) is 28.1 Å². The van der Waals surface area contributed by atoms with Crippen LogP contribution in [0.1, 0.15) is 5.56 Å². The second-order valence-corrected chi connectivity index (χ2v) is 5.93. The highest BCUT2D eigenvalue weighted by Crippen LogP contribution is 2.33. The van der Waals surface area contributed by atoms with Gasteiger partial charge >= 0.3 is 0 Å². The Morgan fingerprint density at radius 1 is 1.10 bits per heavy atom. The molecular weight excluding hydrogens is 416 g/mol. The Labute approximate surface area is 136 Å². The maximum Gasteiger partial charge on any atom is 0.180 e. The molecule has 2 N–H and O–H groups in total. The maximum atomic E-state index is 14.1. The average Bonchev–Trinajstić information content (AvgIpc) is 2.39. The van der Waals surface area contributed by atoms with Crippen LogP contribution < -0.4 is 10.5 Å². The topological polar surface area (TPSA) is 35.2 Å². The van der Waals surface area contributed by atoms with Crippen LogP contribution in [0.2, 0.25) is 0 Å². The smallest absolute Gasteiger partial charge is 0.180 e. The number of benzene rings is 2. The number of rotatable bonds is 3. The lowest BCUT2D eigenvalue weighted by atomic mass is 10.2. The van der Waals surface area contributed by atoms with E-state index in [9.17, 15) is 8.78 Å². The molecule has 0 radical (unpaired) electrons. The molecule has 0 heterocycles. The molecule has 2 rings (SSSR count). The van der Waals surface area contributed by atoms with Gasteiger partial charge < -0.3 is 10.5 Å². The molecule has 2 aromatic rings. The van der Waals surface area contributed by atoms with Gasteiger partial charge in [0.25, 0.3) is 0 Å². The summed E-state index contributed by atoms with van der Waals surface area (Å²) in [4.78, 5) is 0.0518. The van der Waals surface area contributed by atoms with Gasteiger partial charge in [-0.25, -0.2) is 8.78 Å². The zero-order valence-corrected chi connectivity index (χ0v) is 13.8. The molecule has 0 bridgehead atoms. The minimum absolute atomic E-state index is 0.0518. The molecule has 104 valence electrons. The minimum atomic E-state index is -0.699. The highest BCUT2D eigenvalue weighted by molar-refractivity contribution is 9.10. The molecule has 20 heavy (non-hydrogen) atoms. The summed E-state index contributed by atoms with van der Waals surface area (Å²) >= 11 is 11.0. The quantitative estimate of drug-likeness (QED) is 0.713. The molecular formula is C13H7Br2F2NOS. The van der Waals surface area contributed by atoms with Crippen LogP contribution >= 0.6 is 44.1 Å². The predicted molar refractivity (Wildman–Crippen MR) is 84.2 cm³/mol. The van der Waals surface area contributed by atoms with E-state index in [1.807, 2.05) is 0 Å². The molecule has 0 aromatic heterocycles. The average molecular weight is 423 g/mol. The minimum Gasteiger partial charge on any atom is -0.451 e. The molecule has 0 aliphatic carbocycles. The first-order chi connectivity index (χ1) is 9.40. The van der Waals surface area contributed by atoms with E-state index in [4.69, 9.17) is 22.7 Å². The van der Waals surface area contributed by atoms with Crippen LogP contribution in [-0.4, -0.2) is 4.99 Å². The summed E-state index contributed by atoms with van der Waals surface area (Å²) in [7, 11) is 0. The Morgan fingerprint density at radius 2 is 1.80 bits per heavy atom. The van der Waals surface area contributed by atoms with Crippen LogP contribution in [0.4, 0.5) is 8.78 Å². The summed E-state index contributed by atoms with van der Waals surface area (Å²) in [6.45, 7) is 0. The summed E-state index contributed by atoms with van der Waals surface area (Å²) in [5, 5.41) is 0. The molecule has 0 saturated carbocycles. The van der Waals surface area contributed by atoms with Gasteiger partial charge in [0.1, 0.15) is 4.99 Å². The molecule has 2 aromatic carbocycles. The largest absolute Gasteiger partial charge is 0.451 e. The van der Waals surface area contributed by atoms with Crippen LogP contribution in [0.15, 0.2) is 39.3 Å². The summed E-state index contributed by atoms with van der Waals surface area (Å²) in [5.74, 6) is -1.51. The lowest BCUT2D eigenvalue weighted by Gasteiger charge is -2.11. The lowest BCUT2D eigenvalue weighted by molar-refractivity contribution is 0.413. The maximum absolute atomic E-state index is 14.1. The standard InChI is InChI=1S/C13H7Br2F2NOS/c14-6-1-3-8(16)10(5-6)19-9-4-2-7(13(18)20)11(15)12(9)17/h1-5H,(H2,18,20). The highest BCUT2D eigenvalue weighted by atomic mass is 79.9. The van der Waals surface area contributed by atoms with Gasteiger partial charge in [-0.3, -0.25) is 0 Å². The van der Waals surface area contributed by atoms with Crippen molar-refractivity contribution in [2.45, 2.75) is 0 Å². The van der Waals surface area contributed by atoms with E-state index in [2.05, 4.69) is 31.9 Å². The Balaban J connectivity index is 2.42. The van der Waals surface area contributed by atoms with Gasteiger partial charge in [-0.05, 0) is 46.3 Å². The number of ether oxygens (including phenoxy) is 1. The lowest BCUT2D eigenvalue weighted by Crippen LogP contribution is -2.11. The van der Waals surface area contributed by atoms with Crippen molar-refractivity contribution in [3.8, 4) is 11.5 Å². The Kier molecular flexibility index (Phi) is 4.72. The molecule has 7 heteroatoms. The molecule has 0 aliphatic heterocycles. The molecule has 0 aliphatic rings. The molecule has 0 spiro atoms.